The van der Waals surface area contributed by atoms with Crippen molar-refractivity contribution in [3.8, 4) is 0 Å². The lowest BCUT2D eigenvalue weighted by Crippen LogP contribution is -2.35. The van der Waals surface area contributed by atoms with Crippen molar-refractivity contribution in [3.05, 3.63) is 84.5 Å². The van der Waals surface area contributed by atoms with Crippen LogP contribution in [0.2, 0.25) is 0 Å². The molecule has 0 unspecified atom stereocenters. The molecule has 0 spiro atoms. The maximum atomic E-state index is 12.9. The molecule has 2 aromatic carbocycles. The zero-order valence-electron chi connectivity index (χ0n) is 17.6. The molecule has 0 aliphatic carbocycles. The number of benzene rings is 2. The predicted octanol–water partition coefficient (Wildman–Crippen LogP) is 3.46. The molecule has 0 aliphatic heterocycles. The van der Waals surface area contributed by atoms with Gasteiger partial charge in [-0.1, -0.05) is 30.4 Å². The number of aryl methyl sites for hydroxylation is 2. The van der Waals surface area contributed by atoms with Crippen LogP contribution in [0.5, 0.6) is 0 Å². The first kappa shape index (κ1) is 23.9. The highest BCUT2D eigenvalue weighted by molar-refractivity contribution is 7.92. The number of hydrogen-bond acceptors (Lipinski definition) is 5. The zero-order chi connectivity index (χ0) is 23.0. The van der Waals surface area contributed by atoms with Crippen molar-refractivity contribution in [2.45, 2.75) is 18.7 Å². The van der Waals surface area contributed by atoms with Gasteiger partial charge in [0, 0.05) is 18.8 Å². The summed E-state index contributed by atoms with van der Waals surface area (Å²) >= 11 is 0. The van der Waals surface area contributed by atoms with E-state index in [1.54, 1.807) is 37.3 Å². The van der Waals surface area contributed by atoms with Gasteiger partial charge in [-0.25, -0.2) is 13.2 Å². The van der Waals surface area contributed by atoms with Crippen molar-refractivity contribution in [1.29, 1.82) is 0 Å². The second-order valence-electron chi connectivity index (χ2n) is 6.91. The standard InChI is InChI=1S/C23H26N2O5S/c1-5-12-25(13-6-2)22(26)16-30-23(27)19-11-10-18(4)21(15-19)31(28,29)24-20-9-7-8-17(3)14-20/h5-11,14-15,24H,1-2,12-13,16H2,3-4H3. The number of ether oxygens (including phenoxy) is 1. The lowest BCUT2D eigenvalue weighted by Gasteiger charge is -2.19. The highest BCUT2D eigenvalue weighted by atomic mass is 32.2. The summed E-state index contributed by atoms with van der Waals surface area (Å²) in [6, 6.07) is 11.2. The third kappa shape index (κ3) is 6.55. The fourth-order valence-corrected chi connectivity index (χ4v) is 4.15. The lowest BCUT2D eigenvalue weighted by molar-refractivity contribution is -0.133. The molecule has 164 valence electrons. The van der Waals surface area contributed by atoms with Gasteiger partial charge < -0.3 is 9.64 Å². The maximum Gasteiger partial charge on any atom is 0.338 e. The van der Waals surface area contributed by atoms with Gasteiger partial charge in [0.05, 0.1) is 10.5 Å². The Labute approximate surface area is 183 Å². The summed E-state index contributed by atoms with van der Waals surface area (Å²) in [7, 11) is -3.93. The SMILES string of the molecule is C=CCN(CC=C)C(=O)COC(=O)c1ccc(C)c(S(=O)(=O)Nc2cccc(C)c2)c1. The number of nitrogens with one attached hydrogen (secondary N) is 1. The van der Waals surface area contributed by atoms with E-state index in [-0.39, 0.29) is 10.5 Å². The maximum absolute atomic E-state index is 12.9. The summed E-state index contributed by atoms with van der Waals surface area (Å²) in [4.78, 5) is 26.0. The average molecular weight is 443 g/mol. The van der Waals surface area contributed by atoms with Crippen LogP contribution in [-0.2, 0) is 19.6 Å². The second kappa shape index (κ2) is 10.6. The van der Waals surface area contributed by atoms with Crippen molar-refractivity contribution in [2.24, 2.45) is 0 Å². The third-order valence-electron chi connectivity index (χ3n) is 4.36. The van der Waals surface area contributed by atoms with Gasteiger partial charge in [0.2, 0.25) is 0 Å². The Morgan fingerprint density at radius 2 is 1.74 bits per heavy atom. The number of rotatable bonds is 10. The number of carbonyl (C=O) groups is 2. The number of amides is 1. The molecule has 2 rings (SSSR count). The Hall–Kier alpha value is -3.39. The molecule has 0 aliphatic rings. The van der Waals surface area contributed by atoms with E-state index >= 15 is 0 Å². The second-order valence-corrected chi connectivity index (χ2v) is 8.56. The minimum Gasteiger partial charge on any atom is -0.452 e. The van der Waals surface area contributed by atoms with Crippen molar-refractivity contribution >= 4 is 27.6 Å². The van der Waals surface area contributed by atoms with E-state index in [0.717, 1.165) is 5.56 Å². The molecule has 8 heteroatoms. The first-order valence-corrected chi connectivity index (χ1v) is 11.0. The van der Waals surface area contributed by atoms with Crippen molar-refractivity contribution in [3.63, 3.8) is 0 Å². The minimum absolute atomic E-state index is 0.0296. The van der Waals surface area contributed by atoms with Crippen LogP contribution in [0.1, 0.15) is 21.5 Å². The smallest absolute Gasteiger partial charge is 0.338 e. The number of anilines is 1. The first-order chi connectivity index (χ1) is 14.7. The Kier molecular flexibility index (Phi) is 8.15. The molecule has 0 atom stereocenters. The molecule has 1 amide bonds. The third-order valence-corrected chi connectivity index (χ3v) is 5.89. The number of esters is 1. The summed E-state index contributed by atoms with van der Waals surface area (Å²) in [5.74, 6) is -1.20. The molecule has 2 aromatic rings. The quantitative estimate of drug-likeness (QED) is 0.449. The topological polar surface area (TPSA) is 92.8 Å². The molecule has 1 N–H and O–H groups in total. The van der Waals surface area contributed by atoms with Crippen LogP contribution < -0.4 is 4.72 Å². The molecular formula is C23H26N2O5S. The van der Waals surface area contributed by atoms with E-state index in [9.17, 15) is 18.0 Å². The molecule has 0 heterocycles. The van der Waals surface area contributed by atoms with Gasteiger partial charge >= 0.3 is 5.97 Å². The molecule has 0 aromatic heterocycles. The average Bonchev–Trinajstić information content (AvgIpc) is 2.71. The van der Waals surface area contributed by atoms with Crippen LogP contribution in [0.15, 0.2) is 72.7 Å². The molecule has 7 nitrogen and oxygen atoms in total. The van der Waals surface area contributed by atoms with Gasteiger partial charge in [-0.15, -0.1) is 13.2 Å². The van der Waals surface area contributed by atoms with Gasteiger partial charge in [-0.05, 0) is 49.2 Å². The number of nitrogens with zero attached hydrogens (tertiary/aromatic N) is 1. The van der Waals surface area contributed by atoms with Crippen molar-refractivity contribution < 1.29 is 22.7 Å². The number of sulfonamides is 1. The van der Waals surface area contributed by atoms with Gasteiger partial charge in [0.25, 0.3) is 15.9 Å². The van der Waals surface area contributed by atoms with Crippen LogP contribution in [0, 0.1) is 13.8 Å². The Morgan fingerprint density at radius 3 is 2.35 bits per heavy atom. The molecule has 0 fully saturated rings. The Morgan fingerprint density at radius 1 is 1.06 bits per heavy atom. The van der Waals surface area contributed by atoms with Gasteiger partial charge in [0.1, 0.15) is 0 Å². The largest absolute Gasteiger partial charge is 0.452 e. The summed E-state index contributed by atoms with van der Waals surface area (Å²) in [5.41, 5.74) is 1.82. The number of hydrogen-bond donors (Lipinski definition) is 1. The normalized spacial score (nSPS) is 10.8. The monoisotopic (exact) mass is 442 g/mol. The van der Waals surface area contributed by atoms with Crippen molar-refractivity contribution in [2.75, 3.05) is 24.4 Å². The van der Waals surface area contributed by atoms with E-state index in [0.29, 0.717) is 24.3 Å². The Balaban J connectivity index is 2.17. The Bertz CT molecular complexity index is 1080. The minimum atomic E-state index is -3.93. The summed E-state index contributed by atoms with van der Waals surface area (Å²) < 4.78 is 33.3. The van der Waals surface area contributed by atoms with E-state index in [1.807, 2.05) is 13.0 Å². The molecule has 0 bridgehead atoms. The van der Waals surface area contributed by atoms with E-state index < -0.39 is 28.5 Å². The van der Waals surface area contributed by atoms with E-state index in [2.05, 4.69) is 17.9 Å². The predicted molar refractivity (Wildman–Crippen MR) is 120 cm³/mol. The zero-order valence-corrected chi connectivity index (χ0v) is 18.4. The van der Waals surface area contributed by atoms with Crippen LogP contribution in [0.4, 0.5) is 5.69 Å². The highest BCUT2D eigenvalue weighted by Crippen LogP contribution is 2.22. The first-order valence-electron chi connectivity index (χ1n) is 9.54. The molecule has 0 saturated heterocycles. The molecular weight excluding hydrogens is 416 g/mol. The number of carbonyl (C=O) groups excluding carboxylic acids is 2. The van der Waals surface area contributed by atoms with Gasteiger partial charge in [0.15, 0.2) is 6.61 Å². The molecule has 0 radical (unpaired) electrons. The molecule has 31 heavy (non-hydrogen) atoms. The van der Waals surface area contributed by atoms with Gasteiger partial charge in [-0.3, -0.25) is 9.52 Å². The van der Waals surface area contributed by atoms with Crippen molar-refractivity contribution in [1.82, 2.24) is 4.90 Å². The summed E-state index contributed by atoms with van der Waals surface area (Å²) in [6.45, 7) is 10.8. The fraction of sp³-hybridized carbons (Fsp3) is 0.217. The van der Waals surface area contributed by atoms with Crippen LogP contribution >= 0.6 is 0 Å². The molecule has 0 saturated carbocycles. The lowest BCUT2D eigenvalue weighted by atomic mass is 10.1. The fourth-order valence-electron chi connectivity index (χ4n) is 2.83. The van der Waals surface area contributed by atoms with Crippen LogP contribution in [-0.4, -0.2) is 44.9 Å². The van der Waals surface area contributed by atoms with Gasteiger partial charge in [-0.2, -0.15) is 0 Å². The van der Waals surface area contributed by atoms with Crippen LogP contribution in [0.25, 0.3) is 0 Å². The van der Waals surface area contributed by atoms with E-state index in [1.165, 1.54) is 23.1 Å². The summed E-state index contributed by atoms with van der Waals surface area (Å²) in [5, 5.41) is 0. The van der Waals surface area contributed by atoms with Crippen LogP contribution in [0.3, 0.4) is 0 Å². The summed E-state index contributed by atoms with van der Waals surface area (Å²) in [6.07, 6.45) is 3.11. The van der Waals surface area contributed by atoms with E-state index in [4.69, 9.17) is 4.74 Å². The highest BCUT2D eigenvalue weighted by Gasteiger charge is 2.21.